The molecule has 19 heavy (non-hydrogen) atoms. The quantitative estimate of drug-likeness (QED) is 0.672. The van der Waals surface area contributed by atoms with Crippen molar-refractivity contribution in [1.82, 2.24) is 0 Å². The second kappa shape index (κ2) is 6.29. The number of carbonyl (C=O) groups excluding carboxylic acids is 1. The molecule has 1 aromatic rings. The fraction of sp³-hybridized carbons (Fsp3) is 0.533. The smallest absolute Gasteiger partial charge is 0.342 e. The molecule has 0 unspecified atom stereocenters. The summed E-state index contributed by atoms with van der Waals surface area (Å²) in [5, 5.41) is 0.354. The van der Waals surface area contributed by atoms with Gasteiger partial charge in [-0.1, -0.05) is 31.0 Å². The summed E-state index contributed by atoms with van der Waals surface area (Å²) in [5.74, 6) is 0.378. The number of anilines is 1. The average Bonchev–Trinajstić information content (AvgIpc) is 2.39. The zero-order valence-electron chi connectivity index (χ0n) is 11.2. The van der Waals surface area contributed by atoms with E-state index in [0.29, 0.717) is 16.3 Å². The van der Waals surface area contributed by atoms with Crippen molar-refractivity contribution in [3.05, 3.63) is 28.8 Å². The van der Waals surface area contributed by atoms with Crippen LogP contribution in [0.4, 0.5) is 5.69 Å². The van der Waals surface area contributed by atoms with E-state index in [1.54, 1.807) is 18.2 Å². The number of esters is 1. The van der Waals surface area contributed by atoms with Crippen molar-refractivity contribution in [2.45, 2.75) is 45.1 Å². The van der Waals surface area contributed by atoms with Gasteiger partial charge in [0.2, 0.25) is 0 Å². The minimum atomic E-state index is -0.400. The maximum Gasteiger partial charge on any atom is 0.342 e. The highest BCUT2D eigenvalue weighted by atomic mass is 35.5. The van der Waals surface area contributed by atoms with E-state index in [2.05, 4.69) is 6.92 Å². The van der Waals surface area contributed by atoms with E-state index in [1.807, 2.05) is 0 Å². The summed E-state index contributed by atoms with van der Waals surface area (Å²) in [6.45, 7) is 2.21. The Labute approximate surface area is 119 Å². The largest absolute Gasteiger partial charge is 0.459 e. The molecule has 3 nitrogen and oxygen atoms in total. The second-order valence-corrected chi connectivity index (χ2v) is 5.57. The summed E-state index contributed by atoms with van der Waals surface area (Å²) in [7, 11) is 0. The van der Waals surface area contributed by atoms with Crippen molar-refractivity contribution >= 4 is 23.3 Å². The van der Waals surface area contributed by atoms with Crippen molar-refractivity contribution in [3.8, 4) is 0 Å². The van der Waals surface area contributed by atoms with E-state index in [1.165, 1.54) is 6.42 Å². The molecule has 1 fully saturated rings. The molecular formula is C15H20ClNO2. The van der Waals surface area contributed by atoms with Gasteiger partial charge >= 0.3 is 5.97 Å². The Morgan fingerprint density at radius 1 is 1.37 bits per heavy atom. The van der Waals surface area contributed by atoms with E-state index < -0.39 is 5.97 Å². The van der Waals surface area contributed by atoms with Crippen molar-refractivity contribution < 1.29 is 9.53 Å². The molecule has 0 amide bonds. The van der Waals surface area contributed by atoms with Crippen LogP contribution in [-0.2, 0) is 4.74 Å². The number of hydrogen-bond acceptors (Lipinski definition) is 3. The summed E-state index contributed by atoms with van der Waals surface area (Å²) < 4.78 is 5.53. The Morgan fingerprint density at radius 3 is 2.63 bits per heavy atom. The Hall–Kier alpha value is -1.22. The van der Waals surface area contributed by atoms with E-state index in [-0.39, 0.29) is 6.10 Å². The number of hydrogen-bond donors (Lipinski definition) is 1. The summed E-state index contributed by atoms with van der Waals surface area (Å²) in [6.07, 6.45) is 5.35. The van der Waals surface area contributed by atoms with E-state index >= 15 is 0 Å². The topological polar surface area (TPSA) is 52.3 Å². The molecule has 4 heteroatoms. The van der Waals surface area contributed by atoms with Gasteiger partial charge in [-0.15, -0.1) is 0 Å². The lowest BCUT2D eigenvalue weighted by Crippen LogP contribution is -2.24. The molecular weight excluding hydrogens is 262 g/mol. The van der Waals surface area contributed by atoms with Crippen molar-refractivity contribution in [3.63, 3.8) is 0 Å². The highest BCUT2D eigenvalue weighted by Gasteiger charge is 2.25. The second-order valence-electron chi connectivity index (χ2n) is 5.16. The SMILES string of the molecule is CCC1CCC(OC(=O)c2c(N)cccc2Cl)CC1. The van der Waals surface area contributed by atoms with Crippen LogP contribution in [0.2, 0.25) is 5.02 Å². The van der Waals surface area contributed by atoms with Crippen LogP contribution >= 0.6 is 11.6 Å². The number of benzene rings is 1. The summed E-state index contributed by atoms with van der Waals surface area (Å²) >= 11 is 6.01. The van der Waals surface area contributed by atoms with Gasteiger partial charge in [-0.05, 0) is 43.7 Å². The minimum absolute atomic E-state index is 0.00553. The zero-order chi connectivity index (χ0) is 13.8. The van der Waals surface area contributed by atoms with Gasteiger partial charge in [0.15, 0.2) is 0 Å². The van der Waals surface area contributed by atoms with Gasteiger partial charge in [0.25, 0.3) is 0 Å². The molecule has 0 aromatic heterocycles. The first kappa shape index (κ1) is 14.2. The Kier molecular flexibility index (Phi) is 4.70. The monoisotopic (exact) mass is 281 g/mol. The van der Waals surface area contributed by atoms with Gasteiger partial charge in [0.05, 0.1) is 5.02 Å². The van der Waals surface area contributed by atoms with Gasteiger partial charge in [-0.2, -0.15) is 0 Å². The third kappa shape index (κ3) is 3.41. The lowest BCUT2D eigenvalue weighted by atomic mass is 9.86. The molecule has 1 aliphatic carbocycles. The van der Waals surface area contributed by atoms with Crippen molar-refractivity contribution in [2.24, 2.45) is 5.92 Å². The highest BCUT2D eigenvalue weighted by molar-refractivity contribution is 6.34. The minimum Gasteiger partial charge on any atom is -0.459 e. The van der Waals surface area contributed by atoms with Gasteiger partial charge in [0, 0.05) is 5.69 Å². The highest BCUT2D eigenvalue weighted by Crippen LogP contribution is 2.30. The van der Waals surface area contributed by atoms with E-state index in [0.717, 1.165) is 31.6 Å². The van der Waals surface area contributed by atoms with Crippen LogP contribution in [0.5, 0.6) is 0 Å². The Bertz CT molecular complexity index is 433. The summed E-state index contributed by atoms with van der Waals surface area (Å²) in [6, 6.07) is 5.04. The van der Waals surface area contributed by atoms with Crippen LogP contribution in [0.25, 0.3) is 0 Å². The van der Waals surface area contributed by atoms with Crippen LogP contribution in [0, 0.1) is 5.92 Å². The Morgan fingerprint density at radius 2 is 2.05 bits per heavy atom. The molecule has 0 aliphatic heterocycles. The van der Waals surface area contributed by atoms with Crippen LogP contribution in [-0.4, -0.2) is 12.1 Å². The van der Waals surface area contributed by atoms with Crippen LogP contribution < -0.4 is 5.73 Å². The third-order valence-electron chi connectivity index (χ3n) is 3.89. The first-order valence-electron chi connectivity index (χ1n) is 6.86. The summed E-state index contributed by atoms with van der Waals surface area (Å²) in [4.78, 5) is 12.1. The number of rotatable bonds is 3. The molecule has 0 heterocycles. The first-order valence-corrected chi connectivity index (χ1v) is 7.24. The number of nitrogen functional groups attached to an aromatic ring is 1. The number of ether oxygens (including phenoxy) is 1. The molecule has 104 valence electrons. The van der Waals surface area contributed by atoms with Crippen LogP contribution in [0.3, 0.4) is 0 Å². The molecule has 0 saturated heterocycles. The number of halogens is 1. The fourth-order valence-corrected chi connectivity index (χ4v) is 2.88. The van der Waals surface area contributed by atoms with Gasteiger partial charge in [0.1, 0.15) is 11.7 Å². The molecule has 0 spiro atoms. The van der Waals surface area contributed by atoms with E-state index in [4.69, 9.17) is 22.1 Å². The van der Waals surface area contributed by atoms with Crippen LogP contribution in [0.15, 0.2) is 18.2 Å². The van der Waals surface area contributed by atoms with Crippen LogP contribution in [0.1, 0.15) is 49.4 Å². The van der Waals surface area contributed by atoms with Gasteiger partial charge < -0.3 is 10.5 Å². The predicted octanol–water partition coefficient (Wildman–Crippen LogP) is 4.05. The fourth-order valence-electron chi connectivity index (χ4n) is 2.62. The molecule has 2 rings (SSSR count). The molecule has 1 aliphatic rings. The predicted molar refractivity (Wildman–Crippen MR) is 77.3 cm³/mol. The molecule has 0 bridgehead atoms. The van der Waals surface area contributed by atoms with Crippen molar-refractivity contribution in [1.29, 1.82) is 0 Å². The zero-order valence-corrected chi connectivity index (χ0v) is 12.0. The summed E-state index contributed by atoms with van der Waals surface area (Å²) in [5.41, 5.74) is 6.45. The molecule has 0 radical (unpaired) electrons. The molecule has 2 N–H and O–H groups in total. The standard InChI is InChI=1S/C15H20ClNO2/c1-2-10-6-8-11(9-7-10)19-15(18)14-12(16)4-3-5-13(14)17/h3-5,10-11H,2,6-9,17H2,1H3. The molecule has 1 saturated carbocycles. The lowest BCUT2D eigenvalue weighted by Gasteiger charge is -2.27. The maximum absolute atomic E-state index is 12.1. The normalized spacial score (nSPS) is 23.1. The third-order valence-corrected chi connectivity index (χ3v) is 4.21. The van der Waals surface area contributed by atoms with Gasteiger partial charge in [-0.3, -0.25) is 0 Å². The number of carbonyl (C=O) groups is 1. The first-order chi connectivity index (χ1) is 9.11. The maximum atomic E-state index is 12.1. The molecule has 1 aromatic carbocycles. The Balaban J connectivity index is 1.98. The lowest BCUT2D eigenvalue weighted by molar-refractivity contribution is 0.0166. The van der Waals surface area contributed by atoms with E-state index in [9.17, 15) is 4.79 Å². The number of nitrogens with two attached hydrogens (primary N) is 1. The molecule has 0 atom stereocenters. The van der Waals surface area contributed by atoms with Gasteiger partial charge in [-0.25, -0.2) is 4.79 Å². The average molecular weight is 282 g/mol. The van der Waals surface area contributed by atoms with Crippen molar-refractivity contribution in [2.75, 3.05) is 5.73 Å².